The first kappa shape index (κ1) is 16.1. The Morgan fingerprint density at radius 3 is 2.52 bits per heavy atom. The lowest BCUT2D eigenvalue weighted by Crippen LogP contribution is -2.29. The summed E-state index contributed by atoms with van der Waals surface area (Å²) >= 11 is 1.80. The summed E-state index contributed by atoms with van der Waals surface area (Å²) in [4.78, 5) is 13.5. The second-order valence-electron chi connectivity index (χ2n) is 5.63. The maximum Gasteiger partial charge on any atom is 0.339 e. The highest BCUT2D eigenvalue weighted by molar-refractivity contribution is 8.00. The molecule has 4 heteroatoms. The lowest BCUT2D eigenvalue weighted by atomic mass is 10.2. The zero-order valence-corrected chi connectivity index (χ0v) is 13.9. The number of ether oxygens (including phenoxy) is 1. The summed E-state index contributed by atoms with van der Waals surface area (Å²) in [5.74, 6) is -0.245. The predicted octanol–water partition coefficient (Wildman–Crippen LogP) is 3.89. The van der Waals surface area contributed by atoms with Gasteiger partial charge in [-0.2, -0.15) is 0 Å². The summed E-state index contributed by atoms with van der Waals surface area (Å²) in [5, 5.41) is 3.94. The second-order valence-corrected chi connectivity index (χ2v) is 6.97. The van der Waals surface area contributed by atoms with Gasteiger partial charge in [-0.1, -0.05) is 42.5 Å². The van der Waals surface area contributed by atoms with Crippen LogP contribution in [0.5, 0.6) is 0 Å². The van der Waals surface area contributed by atoms with E-state index in [4.69, 9.17) is 4.74 Å². The average Bonchev–Trinajstić information content (AvgIpc) is 2.62. The van der Waals surface area contributed by atoms with Gasteiger partial charge in [0.05, 0.1) is 5.56 Å². The molecule has 3 rings (SSSR count). The predicted molar refractivity (Wildman–Crippen MR) is 93.8 cm³/mol. The van der Waals surface area contributed by atoms with E-state index in [1.54, 1.807) is 11.8 Å². The third-order valence-electron chi connectivity index (χ3n) is 3.90. The summed E-state index contributed by atoms with van der Waals surface area (Å²) in [6.07, 6.45) is 2.27. The molecule has 0 unspecified atom stereocenters. The zero-order chi connectivity index (χ0) is 15.9. The van der Waals surface area contributed by atoms with Gasteiger partial charge in [-0.05, 0) is 43.6 Å². The maximum absolute atomic E-state index is 12.4. The third-order valence-corrected chi connectivity index (χ3v) is 5.31. The van der Waals surface area contributed by atoms with Gasteiger partial charge in [0.2, 0.25) is 0 Å². The number of thioether (sulfide) groups is 1. The Morgan fingerprint density at radius 2 is 1.74 bits per heavy atom. The number of carbonyl (C=O) groups is 1. The number of carbonyl (C=O) groups excluding carboxylic acids is 1. The van der Waals surface area contributed by atoms with Gasteiger partial charge in [0.1, 0.15) is 6.61 Å². The van der Waals surface area contributed by atoms with E-state index in [1.807, 2.05) is 54.6 Å². The molecule has 1 heterocycles. The SMILES string of the molecule is O=C(OCc1ccccc1)c1ccccc1SC1CCNCC1. The van der Waals surface area contributed by atoms with Crippen LogP contribution in [0.25, 0.3) is 0 Å². The quantitative estimate of drug-likeness (QED) is 0.846. The molecule has 1 fully saturated rings. The number of hydrogen-bond acceptors (Lipinski definition) is 4. The van der Waals surface area contributed by atoms with Crippen LogP contribution in [0.3, 0.4) is 0 Å². The van der Waals surface area contributed by atoms with E-state index < -0.39 is 0 Å². The Balaban J connectivity index is 1.65. The summed E-state index contributed by atoms with van der Waals surface area (Å²) in [6.45, 7) is 2.42. The van der Waals surface area contributed by atoms with E-state index in [1.165, 1.54) is 0 Å². The van der Waals surface area contributed by atoms with E-state index in [-0.39, 0.29) is 5.97 Å². The van der Waals surface area contributed by atoms with Crippen LogP contribution in [0.2, 0.25) is 0 Å². The van der Waals surface area contributed by atoms with Crippen LogP contribution in [0.1, 0.15) is 28.8 Å². The van der Waals surface area contributed by atoms with Crippen molar-refractivity contribution in [2.75, 3.05) is 13.1 Å². The van der Waals surface area contributed by atoms with Crippen LogP contribution in [-0.2, 0) is 11.3 Å². The van der Waals surface area contributed by atoms with Gasteiger partial charge < -0.3 is 10.1 Å². The smallest absolute Gasteiger partial charge is 0.339 e. The fourth-order valence-corrected chi connectivity index (χ4v) is 3.90. The highest BCUT2D eigenvalue weighted by atomic mass is 32.2. The fourth-order valence-electron chi connectivity index (χ4n) is 2.63. The maximum atomic E-state index is 12.4. The molecule has 0 aromatic heterocycles. The first-order chi connectivity index (χ1) is 11.3. The molecule has 1 aliphatic heterocycles. The van der Waals surface area contributed by atoms with E-state index in [2.05, 4.69) is 5.32 Å². The molecule has 0 radical (unpaired) electrons. The molecule has 23 heavy (non-hydrogen) atoms. The summed E-state index contributed by atoms with van der Waals surface area (Å²) < 4.78 is 5.48. The van der Waals surface area contributed by atoms with Crippen LogP contribution < -0.4 is 5.32 Å². The molecule has 1 saturated heterocycles. The van der Waals surface area contributed by atoms with E-state index >= 15 is 0 Å². The molecule has 1 N–H and O–H groups in total. The van der Waals surface area contributed by atoms with Crippen molar-refractivity contribution in [2.45, 2.75) is 29.6 Å². The normalized spacial score (nSPS) is 15.3. The molecule has 0 bridgehead atoms. The van der Waals surface area contributed by atoms with Gasteiger partial charge in [0.15, 0.2) is 0 Å². The lowest BCUT2D eigenvalue weighted by Gasteiger charge is -2.22. The van der Waals surface area contributed by atoms with Crippen LogP contribution in [0, 0.1) is 0 Å². The van der Waals surface area contributed by atoms with E-state index in [9.17, 15) is 4.79 Å². The number of esters is 1. The summed E-state index contributed by atoms with van der Waals surface area (Å²) in [7, 11) is 0. The van der Waals surface area contributed by atoms with Crippen molar-refractivity contribution in [3.05, 3.63) is 65.7 Å². The van der Waals surface area contributed by atoms with Gasteiger partial charge in [-0.15, -0.1) is 11.8 Å². The standard InChI is InChI=1S/C19H21NO2S/c21-19(22-14-15-6-2-1-3-7-15)17-8-4-5-9-18(17)23-16-10-12-20-13-11-16/h1-9,16,20H,10-14H2. The van der Waals surface area contributed by atoms with Crippen molar-refractivity contribution in [3.8, 4) is 0 Å². The fraction of sp³-hybridized carbons (Fsp3) is 0.316. The molecule has 2 aromatic rings. The molecule has 0 aliphatic carbocycles. The van der Waals surface area contributed by atoms with Gasteiger partial charge in [-0.25, -0.2) is 4.79 Å². The Labute approximate surface area is 141 Å². The van der Waals surface area contributed by atoms with Gasteiger partial charge in [-0.3, -0.25) is 0 Å². The number of piperidine rings is 1. The Hall–Kier alpha value is -1.78. The molecule has 3 nitrogen and oxygen atoms in total. The minimum atomic E-state index is -0.245. The van der Waals surface area contributed by atoms with E-state index in [0.717, 1.165) is 36.4 Å². The van der Waals surface area contributed by atoms with E-state index in [0.29, 0.717) is 17.4 Å². The topological polar surface area (TPSA) is 38.3 Å². The summed E-state index contributed by atoms with van der Waals surface area (Å²) in [6, 6.07) is 17.5. The van der Waals surface area contributed by atoms with Crippen LogP contribution in [0.15, 0.2) is 59.5 Å². The van der Waals surface area contributed by atoms with Gasteiger partial charge in [0, 0.05) is 10.1 Å². The molecule has 0 saturated carbocycles. The summed E-state index contributed by atoms with van der Waals surface area (Å²) in [5.41, 5.74) is 1.68. The highest BCUT2D eigenvalue weighted by Crippen LogP contribution is 2.31. The zero-order valence-electron chi connectivity index (χ0n) is 13.0. The molecule has 0 atom stereocenters. The third kappa shape index (κ3) is 4.60. The molecule has 1 aliphatic rings. The van der Waals surface area contributed by atoms with Gasteiger partial charge >= 0.3 is 5.97 Å². The second kappa shape index (κ2) is 8.18. The first-order valence-corrected chi connectivity index (χ1v) is 8.88. The molecule has 0 amide bonds. The first-order valence-electron chi connectivity index (χ1n) is 8.00. The molecule has 0 spiro atoms. The van der Waals surface area contributed by atoms with Crippen LogP contribution >= 0.6 is 11.8 Å². The lowest BCUT2D eigenvalue weighted by molar-refractivity contribution is 0.0468. The molecular formula is C19H21NO2S. The number of rotatable bonds is 5. The number of hydrogen-bond donors (Lipinski definition) is 1. The van der Waals surface area contributed by atoms with Crippen molar-refractivity contribution in [2.24, 2.45) is 0 Å². The largest absolute Gasteiger partial charge is 0.457 e. The monoisotopic (exact) mass is 327 g/mol. The Kier molecular flexibility index (Phi) is 5.72. The average molecular weight is 327 g/mol. The molecular weight excluding hydrogens is 306 g/mol. The van der Waals surface area contributed by atoms with Crippen molar-refractivity contribution in [1.82, 2.24) is 5.32 Å². The molecule has 120 valence electrons. The number of benzene rings is 2. The van der Waals surface area contributed by atoms with Crippen molar-refractivity contribution in [1.29, 1.82) is 0 Å². The number of nitrogens with one attached hydrogen (secondary N) is 1. The minimum Gasteiger partial charge on any atom is -0.457 e. The Morgan fingerprint density at radius 1 is 1.04 bits per heavy atom. The Bertz CT molecular complexity index is 639. The van der Waals surface area contributed by atoms with Crippen molar-refractivity contribution >= 4 is 17.7 Å². The molecule has 2 aromatic carbocycles. The highest BCUT2D eigenvalue weighted by Gasteiger charge is 2.19. The minimum absolute atomic E-state index is 0.245. The van der Waals surface area contributed by atoms with Crippen molar-refractivity contribution < 1.29 is 9.53 Å². The van der Waals surface area contributed by atoms with Crippen molar-refractivity contribution in [3.63, 3.8) is 0 Å². The van der Waals surface area contributed by atoms with Crippen LogP contribution in [-0.4, -0.2) is 24.3 Å². The van der Waals surface area contributed by atoms with Gasteiger partial charge in [0.25, 0.3) is 0 Å². The van der Waals surface area contributed by atoms with Crippen LogP contribution in [0.4, 0.5) is 0 Å².